The SMILES string of the molecule is Cc1cc([C@@H]2CCCN2Cc2nc3cc(F)ccc3n(C)c2=O)no1. The lowest BCUT2D eigenvalue weighted by molar-refractivity contribution is 0.233. The Balaban J connectivity index is 1.70. The van der Waals surface area contributed by atoms with Gasteiger partial charge in [-0.3, -0.25) is 9.69 Å². The molecular formula is C18H19FN4O2. The van der Waals surface area contributed by atoms with E-state index in [1.54, 1.807) is 13.1 Å². The molecule has 0 amide bonds. The maximum Gasteiger partial charge on any atom is 0.273 e. The van der Waals surface area contributed by atoms with Crippen molar-refractivity contribution >= 4 is 11.0 Å². The van der Waals surface area contributed by atoms with Gasteiger partial charge in [0.25, 0.3) is 5.56 Å². The van der Waals surface area contributed by atoms with Gasteiger partial charge in [-0.15, -0.1) is 0 Å². The van der Waals surface area contributed by atoms with Gasteiger partial charge in [-0.2, -0.15) is 0 Å². The van der Waals surface area contributed by atoms with Crippen LogP contribution in [0.25, 0.3) is 11.0 Å². The van der Waals surface area contributed by atoms with Gasteiger partial charge in [0.1, 0.15) is 23.0 Å². The minimum atomic E-state index is -0.360. The fraction of sp³-hybridized carbons (Fsp3) is 0.389. The van der Waals surface area contributed by atoms with Crippen molar-refractivity contribution in [2.24, 2.45) is 7.05 Å². The van der Waals surface area contributed by atoms with Crippen molar-refractivity contribution < 1.29 is 8.91 Å². The van der Waals surface area contributed by atoms with E-state index in [0.717, 1.165) is 30.8 Å². The van der Waals surface area contributed by atoms with E-state index in [1.165, 1.54) is 16.7 Å². The van der Waals surface area contributed by atoms with Crippen LogP contribution in [0.2, 0.25) is 0 Å². The molecule has 0 N–H and O–H groups in total. The second-order valence-electron chi connectivity index (χ2n) is 6.55. The lowest BCUT2D eigenvalue weighted by Gasteiger charge is -2.22. The van der Waals surface area contributed by atoms with Crippen LogP contribution >= 0.6 is 0 Å². The number of hydrogen-bond acceptors (Lipinski definition) is 5. The van der Waals surface area contributed by atoms with E-state index in [0.29, 0.717) is 23.3 Å². The van der Waals surface area contributed by atoms with Crippen LogP contribution in [0.5, 0.6) is 0 Å². The minimum absolute atomic E-state index is 0.118. The number of aromatic nitrogens is 3. The van der Waals surface area contributed by atoms with Gasteiger partial charge >= 0.3 is 0 Å². The van der Waals surface area contributed by atoms with Gasteiger partial charge in [0.2, 0.25) is 0 Å². The Kier molecular flexibility index (Phi) is 3.88. The minimum Gasteiger partial charge on any atom is -0.361 e. The number of rotatable bonds is 3. The van der Waals surface area contributed by atoms with Crippen molar-refractivity contribution in [1.29, 1.82) is 0 Å². The predicted octanol–water partition coefficient (Wildman–Crippen LogP) is 2.71. The molecule has 1 aliphatic heterocycles. The topological polar surface area (TPSA) is 64.2 Å². The van der Waals surface area contributed by atoms with Gasteiger partial charge < -0.3 is 9.09 Å². The van der Waals surface area contributed by atoms with Crippen LogP contribution in [0.4, 0.5) is 4.39 Å². The molecule has 3 aromatic rings. The summed E-state index contributed by atoms with van der Waals surface area (Å²) in [4.78, 5) is 19.3. The first-order valence-electron chi connectivity index (χ1n) is 8.35. The Labute approximate surface area is 143 Å². The van der Waals surface area contributed by atoms with Crippen LogP contribution in [0.15, 0.2) is 33.6 Å². The highest BCUT2D eigenvalue weighted by molar-refractivity contribution is 5.74. The van der Waals surface area contributed by atoms with Gasteiger partial charge in [0.15, 0.2) is 0 Å². The summed E-state index contributed by atoms with van der Waals surface area (Å²) in [6.07, 6.45) is 1.99. The van der Waals surface area contributed by atoms with E-state index in [9.17, 15) is 9.18 Å². The number of benzene rings is 1. The molecule has 130 valence electrons. The quantitative estimate of drug-likeness (QED) is 0.732. The summed E-state index contributed by atoms with van der Waals surface area (Å²) in [5.74, 6) is 0.416. The zero-order valence-corrected chi connectivity index (χ0v) is 14.2. The molecule has 0 saturated carbocycles. The van der Waals surface area contributed by atoms with Crippen LogP contribution < -0.4 is 5.56 Å². The Morgan fingerprint density at radius 1 is 1.36 bits per heavy atom. The molecular weight excluding hydrogens is 323 g/mol. The van der Waals surface area contributed by atoms with E-state index in [4.69, 9.17) is 4.52 Å². The third-order valence-corrected chi connectivity index (χ3v) is 4.81. The molecule has 0 unspecified atom stereocenters. The fourth-order valence-electron chi connectivity index (χ4n) is 3.55. The summed E-state index contributed by atoms with van der Waals surface area (Å²) in [5, 5.41) is 4.12. The average Bonchev–Trinajstić information content (AvgIpc) is 3.20. The number of hydrogen-bond donors (Lipinski definition) is 0. The van der Waals surface area contributed by atoms with Gasteiger partial charge in [0, 0.05) is 25.7 Å². The highest BCUT2D eigenvalue weighted by atomic mass is 19.1. The van der Waals surface area contributed by atoms with E-state index in [1.807, 2.05) is 13.0 Å². The monoisotopic (exact) mass is 342 g/mol. The number of halogens is 1. The molecule has 1 aromatic carbocycles. The van der Waals surface area contributed by atoms with Crippen LogP contribution in [0.1, 0.15) is 36.0 Å². The highest BCUT2D eigenvalue weighted by Gasteiger charge is 2.29. The summed E-state index contributed by atoms with van der Waals surface area (Å²) < 4.78 is 20.3. The van der Waals surface area contributed by atoms with Gasteiger partial charge in [-0.25, -0.2) is 9.37 Å². The standard InChI is InChI=1S/C18H19FN4O2/c1-11-8-14(21-25-11)17-4-3-7-23(17)10-15-18(24)22(2)16-6-5-12(19)9-13(16)20-15/h5-6,8-9,17H,3-4,7,10H2,1-2H3/t17-/m0/s1. The highest BCUT2D eigenvalue weighted by Crippen LogP contribution is 2.32. The Bertz CT molecular complexity index is 994. The van der Waals surface area contributed by atoms with Crippen LogP contribution in [0, 0.1) is 12.7 Å². The molecule has 0 radical (unpaired) electrons. The van der Waals surface area contributed by atoms with Crippen molar-refractivity contribution in [2.45, 2.75) is 32.4 Å². The smallest absolute Gasteiger partial charge is 0.273 e. The summed E-state index contributed by atoms with van der Waals surface area (Å²) in [5.41, 5.74) is 2.28. The fourth-order valence-corrected chi connectivity index (χ4v) is 3.55. The molecule has 25 heavy (non-hydrogen) atoms. The Morgan fingerprint density at radius 2 is 2.20 bits per heavy atom. The predicted molar refractivity (Wildman–Crippen MR) is 90.6 cm³/mol. The zero-order valence-electron chi connectivity index (χ0n) is 14.2. The largest absolute Gasteiger partial charge is 0.361 e. The lowest BCUT2D eigenvalue weighted by Crippen LogP contribution is -2.30. The molecule has 2 aromatic heterocycles. The zero-order chi connectivity index (χ0) is 17.6. The normalized spacial score (nSPS) is 18.3. The summed E-state index contributed by atoms with van der Waals surface area (Å²) in [7, 11) is 1.69. The third-order valence-electron chi connectivity index (χ3n) is 4.81. The van der Waals surface area contributed by atoms with E-state index < -0.39 is 0 Å². The maximum absolute atomic E-state index is 13.5. The molecule has 1 aliphatic rings. The van der Waals surface area contributed by atoms with E-state index >= 15 is 0 Å². The van der Waals surface area contributed by atoms with Gasteiger partial charge in [-0.1, -0.05) is 5.16 Å². The lowest BCUT2D eigenvalue weighted by atomic mass is 10.1. The first kappa shape index (κ1) is 16.0. The molecule has 1 saturated heterocycles. The van der Waals surface area contributed by atoms with Crippen molar-refractivity contribution in [1.82, 2.24) is 19.6 Å². The second kappa shape index (κ2) is 6.07. The molecule has 0 bridgehead atoms. The number of aryl methyl sites for hydroxylation is 2. The molecule has 6 nitrogen and oxygen atoms in total. The molecule has 1 atom stereocenters. The number of nitrogens with zero attached hydrogens (tertiary/aromatic N) is 4. The summed E-state index contributed by atoms with van der Waals surface area (Å²) in [6.45, 7) is 3.14. The third kappa shape index (κ3) is 2.84. The first-order valence-corrected chi connectivity index (χ1v) is 8.35. The molecule has 0 spiro atoms. The van der Waals surface area contributed by atoms with Crippen molar-refractivity contribution in [3.8, 4) is 0 Å². The van der Waals surface area contributed by atoms with E-state index in [-0.39, 0.29) is 17.4 Å². The van der Waals surface area contributed by atoms with E-state index in [2.05, 4.69) is 15.0 Å². The molecule has 7 heteroatoms. The number of likely N-dealkylation sites (tertiary alicyclic amines) is 1. The average molecular weight is 342 g/mol. The van der Waals surface area contributed by atoms with Crippen LogP contribution in [-0.2, 0) is 13.6 Å². The molecule has 3 heterocycles. The second-order valence-corrected chi connectivity index (χ2v) is 6.55. The van der Waals surface area contributed by atoms with Gasteiger partial charge in [-0.05, 0) is 38.4 Å². The Hall–Kier alpha value is -2.54. The summed E-state index contributed by atoms with van der Waals surface area (Å²) >= 11 is 0. The van der Waals surface area contributed by atoms with Crippen molar-refractivity contribution in [2.75, 3.05) is 6.54 Å². The van der Waals surface area contributed by atoms with Gasteiger partial charge in [0.05, 0.1) is 17.1 Å². The summed E-state index contributed by atoms with van der Waals surface area (Å²) in [6, 6.07) is 6.34. The molecule has 0 aliphatic carbocycles. The molecule has 1 fully saturated rings. The van der Waals surface area contributed by atoms with Crippen LogP contribution in [-0.4, -0.2) is 26.2 Å². The number of fused-ring (bicyclic) bond motifs is 1. The Morgan fingerprint density at radius 3 is 2.96 bits per heavy atom. The molecule has 4 rings (SSSR count). The first-order chi connectivity index (χ1) is 12.0. The van der Waals surface area contributed by atoms with Crippen LogP contribution in [0.3, 0.4) is 0 Å². The van der Waals surface area contributed by atoms with Crippen molar-refractivity contribution in [3.05, 3.63) is 57.6 Å². The van der Waals surface area contributed by atoms with Crippen molar-refractivity contribution in [3.63, 3.8) is 0 Å². The maximum atomic E-state index is 13.5.